The third-order valence-corrected chi connectivity index (χ3v) is 5.43. The average molecular weight is 419 g/mol. The number of nitrogens with zero attached hydrogens (tertiary/aromatic N) is 1. The molecule has 1 atom stereocenters. The lowest BCUT2D eigenvalue weighted by Gasteiger charge is -2.17. The number of allylic oxidation sites excluding steroid dienone is 1. The first-order chi connectivity index (χ1) is 15.0. The number of H-pyrrole nitrogens is 2. The van der Waals surface area contributed by atoms with Crippen molar-refractivity contribution in [3.63, 3.8) is 0 Å². The summed E-state index contributed by atoms with van der Waals surface area (Å²) in [6, 6.07) is 8.35. The Bertz CT molecular complexity index is 1580. The second-order valence-electron chi connectivity index (χ2n) is 7.39. The lowest BCUT2D eigenvalue weighted by molar-refractivity contribution is 0.0708. The molecular formula is C22H17N3O6. The first-order valence-electron chi connectivity index (χ1n) is 9.62. The van der Waals surface area contributed by atoms with Crippen LogP contribution < -0.4 is 22.0 Å². The van der Waals surface area contributed by atoms with Crippen molar-refractivity contribution in [2.45, 2.75) is 19.4 Å². The van der Waals surface area contributed by atoms with Gasteiger partial charge in [0.25, 0.3) is 11.1 Å². The molecule has 0 bridgehead atoms. The van der Waals surface area contributed by atoms with E-state index in [0.29, 0.717) is 5.69 Å². The molecule has 0 aliphatic carbocycles. The summed E-state index contributed by atoms with van der Waals surface area (Å²) in [6.07, 6.45) is 3.09. The molecular weight excluding hydrogens is 402 g/mol. The van der Waals surface area contributed by atoms with Crippen molar-refractivity contribution < 1.29 is 9.47 Å². The fourth-order valence-corrected chi connectivity index (χ4v) is 3.98. The van der Waals surface area contributed by atoms with E-state index in [1.165, 1.54) is 12.5 Å². The van der Waals surface area contributed by atoms with Crippen molar-refractivity contribution in [2.24, 2.45) is 0 Å². The number of aromatic nitrogens is 3. The monoisotopic (exact) mass is 419 g/mol. The topological polar surface area (TPSA) is 123 Å². The van der Waals surface area contributed by atoms with Crippen LogP contribution in [0.15, 0.2) is 67.7 Å². The molecule has 31 heavy (non-hydrogen) atoms. The molecule has 2 N–H and O–H groups in total. The smallest absolute Gasteiger partial charge is 0.266 e. The van der Waals surface area contributed by atoms with E-state index in [0.717, 1.165) is 10.1 Å². The highest BCUT2D eigenvalue weighted by Gasteiger charge is 2.30. The zero-order chi connectivity index (χ0) is 21.7. The van der Waals surface area contributed by atoms with E-state index >= 15 is 0 Å². The first kappa shape index (κ1) is 18.9. The maximum atomic E-state index is 13.3. The molecule has 0 saturated carbocycles. The molecule has 1 unspecified atom stereocenters. The number of hydrogen-bond donors (Lipinski definition) is 2. The normalized spacial score (nSPS) is 14.4. The molecule has 9 heteroatoms. The summed E-state index contributed by atoms with van der Waals surface area (Å²) in [5.74, 6) is 0.275. The predicted octanol–water partition coefficient (Wildman–Crippen LogP) is 1.27. The number of rotatable bonds is 4. The van der Waals surface area contributed by atoms with E-state index in [-0.39, 0.29) is 30.0 Å². The van der Waals surface area contributed by atoms with Crippen molar-refractivity contribution in [1.29, 1.82) is 0 Å². The van der Waals surface area contributed by atoms with Crippen LogP contribution in [0.2, 0.25) is 0 Å². The summed E-state index contributed by atoms with van der Waals surface area (Å²) in [6.45, 7) is 1.66. The number of aryl methyl sites for hydroxylation is 1. The van der Waals surface area contributed by atoms with Gasteiger partial charge in [0.2, 0.25) is 17.7 Å². The van der Waals surface area contributed by atoms with Gasteiger partial charge in [0, 0.05) is 18.3 Å². The van der Waals surface area contributed by atoms with Gasteiger partial charge in [-0.25, -0.2) is 0 Å². The zero-order valence-electron chi connectivity index (χ0n) is 16.4. The van der Waals surface area contributed by atoms with Gasteiger partial charge in [-0.3, -0.25) is 23.7 Å². The largest absolute Gasteiger partial charge is 0.462 e. The molecule has 0 radical (unpaired) electrons. The summed E-state index contributed by atoms with van der Waals surface area (Å²) in [5.41, 5.74) is -1.68. The van der Waals surface area contributed by atoms with Gasteiger partial charge in [-0.05, 0) is 12.5 Å². The second-order valence-corrected chi connectivity index (χ2v) is 7.39. The van der Waals surface area contributed by atoms with Crippen molar-refractivity contribution in [3.05, 3.63) is 101 Å². The molecule has 3 heterocycles. The second kappa shape index (κ2) is 6.98. The molecule has 4 aromatic rings. The molecule has 1 aliphatic heterocycles. The number of fused-ring (bicyclic) bond motifs is 2. The van der Waals surface area contributed by atoms with Gasteiger partial charge in [0.05, 0.1) is 0 Å². The van der Waals surface area contributed by atoms with E-state index in [2.05, 4.69) is 9.97 Å². The van der Waals surface area contributed by atoms with Crippen molar-refractivity contribution in [3.8, 4) is 0 Å². The Morgan fingerprint density at radius 3 is 2.32 bits per heavy atom. The lowest BCUT2D eigenvalue weighted by atomic mass is 10.0. The highest BCUT2D eigenvalue weighted by molar-refractivity contribution is 5.94. The molecule has 0 saturated heterocycles. The van der Waals surface area contributed by atoms with Gasteiger partial charge in [0.1, 0.15) is 34.1 Å². The summed E-state index contributed by atoms with van der Waals surface area (Å²) >= 11 is 0. The quantitative estimate of drug-likeness (QED) is 0.514. The molecule has 0 spiro atoms. The Balaban J connectivity index is 1.84. The highest BCUT2D eigenvalue weighted by Crippen LogP contribution is 2.25. The van der Waals surface area contributed by atoms with E-state index in [9.17, 15) is 19.2 Å². The Labute approximate surface area is 173 Å². The van der Waals surface area contributed by atoms with Crippen molar-refractivity contribution in [1.82, 2.24) is 14.5 Å². The standard InChI is InChI=1S/C22H17N3O6/c1-11-8-23-17-18(24-11)20(27)16-15(19(17)26)21(28)25(22(16)29)13(14-9-30-10-31-14)7-12-5-3-2-4-6-12/h2-6,8-9,13,23-24H,7,10H2,1H3. The van der Waals surface area contributed by atoms with E-state index in [1.807, 2.05) is 30.3 Å². The fourth-order valence-electron chi connectivity index (χ4n) is 3.98. The molecule has 0 amide bonds. The summed E-state index contributed by atoms with van der Waals surface area (Å²) in [4.78, 5) is 58.3. The van der Waals surface area contributed by atoms with Crippen molar-refractivity contribution >= 4 is 21.8 Å². The van der Waals surface area contributed by atoms with Crippen LogP contribution in [0.5, 0.6) is 0 Å². The minimum absolute atomic E-state index is 0.0361. The highest BCUT2D eigenvalue weighted by atomic mass is 16.7. The Morgan fingerprint density at radius 2 is 1.68 bits per heavy atom. The number of aromatic amines is 2. The lowest BCUT2D eigenvalue weighted by Crippen LogP contribution is -2.33. The van der Waals surface area contributed by atoms with Crippen molar-refractivity contribution in [2.75, 3.05) is 6.79 Å². The SMILES string of the molecule is Cc1c[nH]c2c(=O)c3c(=O)n(C(Cc4ccccc4)C4=COCO4)c(=O)c3c(=O)c2[nH]1. The maximum absolute atomic E-state index is 13.3. The van der Waals surface area contributed by atoms with E-state index in [4.69, 9.17) is 9.47 Å². The van der Waals surface area contributed by atoms with Gasteiger partial charge in [0.15, 0.2) is 5.76 Å². The average Bonchev–Trinajstić information content (AvgIpc) is 3.38. The molecule has 2 aromatic heterocycles. The van der Waals surface area contributed by atoms with Gasteiger partial charge in [-0.15, -0.1) is 0 Å². The van der Waals surface area contributed by atoms with Crippen LogP contribution in [0.4, 0.5) is 0 Å². The maximum Gasteiger partial charge on any atom is 0.266 e. The van der Waals surface area contributed by atoms with Crippen LogP contribution in [0.1, 0.15) is 17.3 Å². The van der Waals surface area contributed by atoms with Gasteiger partial charge >= 0.3 is 0 Å². The predicted molar refractivity (Wildman–Crippen MR) is 113 cm³/mol. The number of ether oxygens (including phenoxy) is 2. The molecule has 9 nitrogen and oxygen atoms in total. The van der Waals surface area contributed by atoms with Crippen LogP contribution >= 0.6 is 0 Å². The Kier molecular flexibility index (Phi) is 4.25. The van der Waals surface area contributed by atoms with E-state index in [1.54, 1.807) is 6.92 Å². The van der Waals surface area contributed by atoms with E-state index < -0.39 is 38.8 Å². The summed E-state index contributed by atoms with van der Waals surface area (Å²) in [7, 11) is 0. The third kappa shape index (κ3) is 2.85. The van der Waals surface area contributed by atoms with Crippen LogP contribution in [0.25, 0.3) is 21.8 Å². The number of nitrogens with one attached hydrogen (secondary N) is 2. The molecule has 156 valence electrons. The molecule has 2 aromatic carbocycles. The van der Waals surface area contributed by atoms with Crippen LogP contribution in [-0.4, -0.2) is 21.3 Å². The van der Waals surface area contributed by atoms with Gasteiger partial charge < -0.3 is 19.4 Å². The van der Waals surface area contributed by atoms with Gasteiger partial charge in [-0.1, -0.05) is 30.3 Å². The Morgan fingerprint density at radius 1 is 1.00 bits per heavy atom. The fraction of sp³-hybridized carbons (Fsp3) is 0.182. The summed E-state index contributed by atoms with van der Waals surface area (Å²) in [5, 5.41) is -0.844. The zero-order valence-corrected chi connectivity index (χ0v) is 16.4. The Hall–Kier alpha value is -4.14. The minimum atomic E-state index is -0.867. The van der Waals surface area contributed by atoms with Gasteiger partial charge in [-0.2, -0.15) is 0 Å². The molecule has 0 fully saturated rings. The van der Waals surface area contributed by atoms with Crippen LogP contribution in [0, 0.1) is 6.92 Å². The number of benzene rings is 2. The molecule has 1 aliphatic rings. The molecule has 5 rings (SSSR count). The third-order valence-electron chi connectivity index (χ3n) is 5.43. The summed E-state index contributed by atoms with van der Waals surface area (Å²) < 4.78 is 11.5. The van der Waals surface area contributed by atoms with Crippen LogP contribution in [0.3, 0.4) is 0 Å². The first-order valence-corrected chi connectivity index (χ1v) is 9.62. The van der Waals surface area contributed by atoms with Crippen LogP contribution in [-0.2, 0) is 15.9 Å². The minimum Gasteiger partial charge on any atom is -0.462 e. The number of hydrogen-bond acceptors (Lipinski definition) is 6.